The second-order valence-corrected chi connectivity index (χ2v) is 3.45. The van der Waals surface area contributed by atoms with Crippen molar-refractivity contribution in [3.63, 3.8) is 0 Å². The Hall–Kier alpha value is -1.88. The highest BCUT2D eigenvalue weighted by Gasteiger charge is 2.18. The summed E-state index contributed by atoms with van der Waals surface area (Å²) in [6, 6.07) is 5.95. The number of carbonyl (C=O) groups is 1. The Kier molecular flexibility index (Phi) is 4.66. The molecule has 0 spiro atoms. The minimum Gasteiger partial charge on any atom is -0.505 e. The van der Waals surface area contributed by atoms with Crippen LogP contribution < -0.4 is 0 Å². The smallest absolute Gasteiger partial charge is 0.364 e. The van der Waals surface area contributed by atoms with Crippen molar-refractivity contribution in [1.82, 2.24) is 0 Å². The first kappa shape index (κ1) is 13.2. The van der Waals surface area contributed by atoms with Gasteiger partial charge in [-0.25, -0.2) is 4.79 Å². The van der Waals surface area contributed by atoms with Gasteiger partial charge in [0.2, 0.25) is 5.70 Å². The summed E-state index contributed by atoms with van der Waals surface area (Å²) in [6.45, 7) is 1.67. The molecule has 1 rings (SSSR count). The van der Waals surface area contributed by atoms with E-state index in [1.165, 1.54) is 24.3 Å². The van der Waals surface area contributed by atoms with E-state index in [4.69, 9.17) is 11.6 Å². The molecule has 0 aromatic heterocycles. The van der Waals surface area contributed by atoms with Crippen molar-refractivity contribution in [2.75, 3.05) is 6.61 Å². The quantitative estimate of drug-likeness (QED) is 0.388. The van der Waals surface area contributed by atoms with Crippen LogP contribution in [0.3, 0.4) is 0 Å². The van der Waals surface area contributed by atoms with E-state index in [1.807, 2.05) is 0 Å². The molecule has 0 radical (unpaired) electrons. The summed E-state index contributed by atoms with van der Waals surface area (Å²) in [5, 5.41) is 12.7. The van der Waals surface area contributed by atoms with Crippen molar-refractivity contribution in [3.8, 4) is 0 Å². The van der Waals surface area contributed by atoms with E-state index in [0.29, 0.717) is 5.02 Å². The molecule has 0 aliphatic rings. The maximum atomic E-state index is 11.3. The fourth-order valence-electron chi connectivity index (χ4n) is 1.12. The van der Waals surface area contributed by atoms with Crippen LogP contribution in [0.2, 0.25) is 5.02 Å². The van der Waals surface area contributed by atoms with E-state index >= 15 is 0 Å². The predicted octanol–water partition coefficient (Wildman–Crippen LogP) is 2.90. The average Bonchev–Trinajstić information content (AvgIpc) is 2.31. The molecule has 6 heteroatoms. The highest BCUT2D eigenvalue weighted by atomic mass is 35.5. The molecule has 0 heterocycles. The molecule has 0 amide bonds. The van der Waals surface area contributed by atoms with E-state index in [2.05, 4.69) is 9.91 Å². The van der Waals surface area contributed by atoms with E-state index in [1.54, 1.807) is 6.92 Å². The molecule has 0 atom stereocenters. The van der Waals surface area contributed by atoms with Crippen molar-refractivity contribution in [2.24, 2.45) is 5.18 Å². The van der Waals surface area contributed by atoms with Crippen LogP contribution in [0.25, 0.3) is 5.76 Å². The Labute approximate surface area is 103 Å². The first-order chi connectivity index (χ1) is 8.10. The van der Waals surface area contributed by atoms with Gasteiger partial charge in [0.1, 0.15) is 0 Å². The summed E-state index contributed by atoms with van der Waals surface area (Å²) in [5.74, 6) is -1.50. The number of aliphatic hydroxyl groups is 1. The Morgan fingerprint density at radius 2 is 2.00 bits per heavy atom. The predicted molar refractivity (Wildman–Crippen MR) is 63.4 cm³/mol. The molecule has 1 N–H and O–H groups in total. The summed E-state index contributed by atoms with van der Waals surface area (Å²) in [6.07, 6.45) is 0. The molecule has 1 aromatic rings. The molecule has 0 fully saturated rings. The zero-order valence-corrected chi connectivity index (χ0v) is 9.77. The molecule has 0 aliphatic carbocycles. The summed E-state index contributed by atoms with van der Waals surface area (Å²) < 4.78 is 4.58. The maximum absolute atomic E-state index is 11.3. The average molecular weight is 256 g/mol. The van der Waals surface area contributed by atoms with Crippen LogP contribution in [0.4, 0.5) is 0 Å². The molecule has 0 aliphatic heterocycles. The Bertz CT molecular complexity index is 453. The van der Waals surface area contributed by atoms with Crippen LogP contribution >= 0.6 is 11.6 Å². The first-order valence-electron chi connectivity index (χ1n) is 4.79. The number of nitrogens with zero attached hydrogens (tertiary/aromatic N) is 1. The molecule has 0 unspecified atom stereocenters. The number of rotatable bonds is 4. The van der Waals surface area contributed by atoms with Gasteiger partial charge in [0, 0.05) is 10.6 Å². The highest BCUT2D eigenvalue weighted by molar-refractivity contribution is 6.30. The molecule has 0 saturated carbocycles. The van der Waals surface area contributed by atoms with Crippen molar-refractivity contribution >= 4 is 23.3 Å². The van der Waals surface area contributed by atoms with Gasteiger partial charge in [0.25, 0.3) is 0 Å². The molecular formula is C11H10ClNO4. The number of esters is 1. The van der Waals surface area contributed by atoms with Gasteiger partial charge in [0.15, 0.2) is 5.76 Å². The highest BCUT2D eigenvalue weighted by Crippen LogP contribution is 2.20. The summed E-state index contributed by atoms with van der Waals surface area (Å²) in [4.78, 5) is 21.8. The largest absolute Gasteiger partial charge is 0.505 e. The zero-order chi connectivity index (χ0) is 12.8. The molecule has 0 saturated heterocycles. The number of benzene rings is 1. The first-order valence-corrected chi connectivity index (χ1v) is 5.17. The second kappa shape index (κ2) is 6.00. The van der Waals surface area contributed by atoms with E-state index < -0.39 is 17.4 Å². The molecule has 0 bridgehead atoms. The van der Waals surface area contributed by atoms with Gasteiger partial charge >= 0.3 is 5.97 Å². The number of nitroso groups, excluding NO2 is 1. The van der Waals surface area contributed by atoms with E-state index in [0.717, 1.165) is 0 Å². The number of aliphatic hydroxyl groups excluding tert-OH is 1. The molecule has 17 heavy (non-hydrogen) atoms. The SMILES string of the molecule is CCOC(=O)/C(N=O)=C(\O)c1ccc(Cl)cc1. The Morgan fingerprint density at radius 3 is 2.47 bits per heavy atom. The van der Waals surface area contributed by atoms with E-state index in [-0.39, 0.29) is 12.2 Å². The van der Waals surface area contributed by atoms with Crippen molar-refractivity contribution < 1.29 is 14.6 Å². The van der Waals surface area contributed by atoms with Crippen LogP contribution in [-0.4, -0.2) is 17.7 Å². The van der Waals surface area contributed by atoms with Crippen LogP contribution in [0.1, 0.15) is 12.5 Å². The second-order valence-electron chi connectivity index (χ2n) is 3.02. The zero-order valence-electron chi connectivity index (χ0n) is 9.01. The fourth-order valence-corrected chi connectivity index (χ4v) is 1.25. The third-order valence-corrected chi connectivity index (χ3v) is 2.15. The number of halogens is 1. The van der Waals surface area contributed by atoms with Crippen molar-refractivity contribution in [2.45, 2.75) is 6.92 Å². The monoisotopic (exact) mass is 255 g/mol. The van der Waals surface area contributed by atoms with Gasteiger partial charge in [-0.15, -0.1) is 4.91 Å². The van der Waals surface area contributed by atoms with Gasteiger partial charge in [-0.3, -0.25) is 0 Å². The lowest BCUT2D eigenvalue weighted by molar-refractivity contribution is -0.138. The molecule has 90 valence electrons. The standard InChI is InChI=1S/C11H10ClNO4/c1-2-17-11(15)9(13-16)10(14)7-3-5-8(12)6-4-7/h3-6,14H,2H2,1H3/b10-9+. The van der Waals surface area contributed by atoms with Gasteiger partial charge in [-0.05, 0) is 36.4 Å². The van der Waals surface area contributed by atoms with Gasteiger partial charge < -0.3 is 9.84 Å². The number of ether oxygens (including phenoxy) is 1. The topological polar surface area (TPSA) is 76.0 Å². The molecule has 1 aromatic carbocycles. The van der Waals surface area contributed by atoms with E-state index in [9.17, 15) is 14.8 Å². The molecular weight excluding hydrogens is 246 g/mol. The van der Waals surface area contributed by atoms with Crippen LogP contribution in [-0.2, 0) is 9.53 Å². The van der Waals surface area contributed by atoms with Crippen molar-refractivity contribution in [1.29, 1.82) is 0 Å². The summed E-state index contributed by atoms with van der Waals surface area (Å²) in [5.41, 5.74) is -0.397. The lowest BCUT2D eigenvalue weighted by Crippen LogP contribution is -2.08. The van der Waals surface area contributed by atoms with Crippen LogP contribution in [0.5, 0.6) is 0 Å². The minimum atomic E-state index is -0.963. The summed E-state index contributed by atoms with van der Waals surface area (Å²) in [7, 11) is 0. The fraction of sp³-hybridized carbons (Fsp3) is 0.182. The van der Waals surface area contributed by atoms with Crippen LogP contribution in [0.15, 0.2) is 35.1 Å². The maximum Gasteiger partial charge on any atom is 0.364 e. The number of carbonyl (C=O) groups excluding carboxylic acids is 1. The number of hydrogen-bond acceptors (Lipinski definition) is 5. The van der Waals surface area contributed by atoms with Crippen molar-refractivity contribution in [3.05, 3.63) is 45.5 Å². The third kappa shape index (κ3) is 3.29. The van der Waals surface area contributed by atoms with Gasteiger partial charge in [-0.1, -0.05) is 11.6 Å². The number of hydrogen-bond donors (Lipinski definition) is 1. The Morgan fingerprint density at radius 1 is 1.41 bits per heavy atom. The summed E-state index contributed by atoms with van der Waals surface area (Å²) >= 11 is 5.67. The third-order valence-electron chi connectivity index (χ3n) is 1.90. The van der Waals surface area contributed by atoms with Gasteiger partial charge in [0.05, 0.1) is 6.61 Å². The normalized spacial score (nSPS) is 11.6. The lowest BCUT2D eigenvalue weighted by Gasteiger charge is -2.04. The lowest BCUT2D eigenvalue weighted by atomic mass is 10.1. The Balaban J connectivity index is 3.12. The molecule has 5 nitrogen and oxygen atoms in total. The van der Waals surface area contributed by atoms with Crippen LogP contribution in [0, 0.1) is 4.91 Å². The van der Waals surface area contributed by atoms with Gasteiger partial charge in [-0.2, -0.15) is 0 Å². The minimum absolute atomic E-state index is 0.0890.